The first kappa shape index (κ1) is 20.9. The third-order valence-electron chi connectivity index (χ3n) is 5.73. The number of ether oxygens (including phenoxy) is 2. The Hall–Kier alpha value is -3.39. The number of rotatable bonds is 6. The number of nitrogens with one attached hydrogen (secondary N) is 2. The van der Waals surface area contributed by atoms with Crippen molar-refractivity contribution < 1.29 is 29.0 Å². The first-order valence-electron chi connectivity index (χ1n) is 10.2. The number of hydrogen-bond donors (Lipinski definition) is 3. The summed E-state index contributed by atoms with van der Waals surface area (Å²) in [5.74, 6) is -1.78. The molecule has 162 valence electrons. The van der Waals surface area contributed by atoms with Crippen LogP contribution < -0.4 is 10.6 Å². The highest BCUT2D eigenvalue weighted by Crippen LogP contribution is 2.44. The van der Waals surface area contributed by atoms with E-state index in [-0.39, 0.29) is 19.1 Å². The lowest BCUT2D eigenvalue weighted by molar-refractivity contribution is -0.143. The van der Waals surface area contributed by atoms with Crippen molar-refractivity contribution in [2.24, 2.45) is 0 Å². The van der Waals surface area contributed by atoms with Crippen molar-refractivity contribution in [3.05, 3.63) is 59.7 Å². The Labute approximate surface area is 179 Å². The van der Waals surface area contributed by atoms with Crippen LogP contribution in [0.25, 0.3) is 11.1 Å². The SMILES string of the molecule is CC(NC(=O)[C@@H]1OCC[C@@H]1NC(=O)OCC1c2ccccc2-c2ccccc21)C(=O)O. The summed E-state index contributed by atoms with van der Waals surface area (Å²) < 4.78 is 10.9. The average Bonchev–Trinajstić information content (AvgIpc) is 3.34. The second-order valence-corrected chi connectivity index (χ2v) is 7.72. The molecule has 1 heterocycles. The molecule has 1 aliphatic carbocycles. The van der Waals surface area contributed by atoms with Crippen molar-refractivity contribution in [3.8, 4) is 11.1 Å². The Bertz CT molecular complexity index is 962. The van der Waals surface area contributed by atoms with Crippen LogP contribution in [0.15, 0.2) is 48.5 Å². The van der Waals surface area contributed by atoms with Gasteiger partial charge in [-0.3, -0.25) is 9.59 Å². The summed E-state index contributed by atoms with van der Waals surface area (Å²) in [5, 5.41) is 14.0. The van der Waals surface area contributed by atoms with Crippen molar-refractivity contribution in [2.45, 2.75) is 37.5 Å². The average molecular weight is 424 g/mol. The molecule has 2 aromatic carbocycles. The molecular weight excluding hydrogens is 400 g/mol. The van der Waals surface area contributed by atoms with Crippen LogP contribution in [0.3, 0.4) is 0 Å². The number of fused-ring (bicyclic) bond motifs is 3. The molecule has 2 aromatic rings. The summed E-state index contributed by atoms with van der Waals surface area (Å²) in [7, 11) is 0. The summed E-state index contributed by atoms with van der Waals surface area (Å²) >= 11 is 0. The lowest BCUT2D eigenvalue weighted by Crippen LogP contribution is -2.51. The monoisotopic (exact) mass is 424 g/mol. The number of carboxylic acids is 1. The second-order valence-electron chi connectivity index (χ2n) is 7.72. The number of carbonyl (C=O) groups excluding carboxylic acids is 2. The molecule has 1 unspecified atom stereocenters. The Balaban J connectivity index is 1.37. The van der Waals surface area contributed by atoms with Crippen molar-refractivity contribution in [3.63, 3.8) is 0 Å². The third kappa shape index (κ3) is 4.25. The predicted molar refractivity (Wildman–Crippen MR) is 112 cm³/mol. The van der Waals surface area contributed by atoms with Gasteiger partial charge in [0.15, 0.2) is 6.10 Å². The Morgan fingerprint density at radius 3 is 2.32 bits per heavy atom. The largest absolute Gasteiger partial charge is 0.480 e. The summed E-state index contributed by atoms with van der Waals surface area (Å²) in [6.45, 7) is 1.82. The number of carbonyl (C=O) groups is 3. The minimum atomic E-state index is -1.15. The molecule has 8 heteroatoms. The fourth-order valence-electron chi connectivity index (χ4n) is 4.14. The molecule has 8 nitrogen and oxygen atoms in total. The van der Waals surface area contributed by atoms with Crippen LogP contribution in [0, 0.1) is 0 Å². The van der Waals surface area contributed by atoms with Gasteiger partial charge in [-0.05, 0) is 35.6 Å². The maximum Gasteiger partial charge on any atom is 0.407 e. The van der Waals surface area contributed by atoms with Gasteiger partial charge in [0.2, 0.25) is 0 Å². The molecule has 2 amide bonds. The van der Waals surface area contributed by atoms with E-state index in [1.54, 1.807) is 0 Å². The predicted octanol–water partition coefficient (Wildman–Crippen LogP) is 2.27. The van der Waals surface area contributed by atoms with Gasteiger partial charge in [0.05, 0.1) is 6.04 Å². The normalized spacial score (nSPS) is 20.4. The van der Waals surface area contributed by atoms with Gasteiger partial charge in [0.25, 0.3) is 5.91 Å². The molecule has 4 rings (SSSR count). The molecule has 3 N–H and O–H groups in total. The standard InChI is InChI=1S/C23H24N2O6/c1-13(22(27)28)24-21(26)20-19(10-11-30-20)25-23(29)31-12-18-16-8-4-2-6-14(16)15-7-3-5-9-17(15)18/h2-9,13,18-20H,10-12H2,1H3,(H,24,26)(H,25,29)(H,27,28)/t13?,19-,20+/m0/s1. The zero-order chi connectivity index (χ0) is 22.0. The van der Waals surface area contributed by atoms with Crippen molar-refractivity contribution in [2.75, 3.05) is 13.2 Å². The van der Waals surface area contributed by atoms with Gasteiger partial charge in [0, 0.05) is 12.5 Å². The van der Waals surface area contributed by atoms with E-state index in [0.29, 0.717) is 6.42 Å². The fraction of sp³-hybridized carbons (Fsp3) is 0.348. The molecule has 0 spiro atoms. The Morgan fingerprint density at radius 1 is 1.10 bits per heavy atom. The quantitative estimate of drug-likeness (QED) is 0.656. The highest BCUT2D eigenvalue weighted by molar-refractivity contribution is 5.87. The van der Waals surface area contributed by atoms with Gasteiger partial charge in [-0.15, -0.1) is 0 Å². The fourth-order valence-corrected chi connectivity index (χ4v) is 4.14. The van der Waals surface area contributed by atoms with Gasteiger partial charge in [-0.2, -0.15) is 0 Å². The topological polar surface area (TPSA) is 114 Å². The molecule has 1 fully saturated rings. The van der Waals surface area contributed by atoms with Crippen LogP contribution in [-0.4, -0.2) is 54.5 Å². The minimum Gasteiger partial charge on any atom is -0.480 e. The summed E-state index contributed by atoms with van der Waals surface area (Å²) in [6, 6.07) is 14.5. The molecule has 0 saturated carbocycles. The van der Waals surface area contributed by atoms with Crippen molar-refractivity contribution >= 4 is 18.0 Å². The molecule has 1 aliphatic heterocycles. The molecule has 0 aromatic heterocycles. The van der Waals surface area contributed by atoms with E-state index in [2.05, 4.69) is 22.8 Å². The van der Waals surface area contributed by atoms with Crippen LogP contribution in [0.5, 0.6) is 0 Å². The molecule has 0 bridgehead atoms. The van der Waals surface area contributed by atoms with Crippen LogP contribution in [0.2, 0.25) is 0 Å². The van der Waals surface area contributed by atoms with E-state index in [0.717, 1.165) is 22.3 Å². The molecule has 3 atom stereocenters. The van der Waals surface area contributed by atoms with Crippen LogP contribution in [0.4, 0.5) is 4.79 Å². The Kier molecular flexibility index (Phi) is 5.90. The van der Waals surface area contributed by atoms with Crippen molar-refractivity contribution in [1.29, 1.82) is 0 Å². The van der Waals surface area contributed by atoms with E-state index in [9.17, 15) is 14.4 Å². The number of alkyl carbamates (subject to hydrolysis) is 1. The van der Waals surface area contributed by atoms with Crippen LogP contribution >= 0.6 is 0 Å². The third-order valence-corrected chi connectivity index (χ3v) is 5.73. The van der Waals surface area contributed by atoms with Gasteiger partial charge in [-0.1, -0.05) is 48.5 Å². The summed E-state index contributed by atoms with van der Waals surface area (Å²) in [4.78, 5) is 35.7. The number of aliphatic carboxylic acids is 1. The number of carboxylic acid groups (broad SMARTS) is 1. The smallest absolute Gasteiger partial charge is 0.407 e. The van der Waals surface area contributed by atoms with Crippen LogP contribution in [-0.2, 0) is 19.1 Å². The summed E-state index contributed by atoms with van der Waals surface area (Å²) in [5.41, 5.74) is 4.50. The van der Waals surface area contributed by atoms with Crippen LogP contribution in [0.1, 0.15) is 30.4 Å². The lowest BCUT2D eigenvalue weighted by atomic mass is 9.98. The number of amides is 2. The van der Waals surface area contributed by atoms with Gasteiger partial charge >= 0.3 is 12.1 Å². The minimum absolute atomic E-state index is 0.0616. The molecular formula is C23H24N2O6. The first-order chi connectivity index (χ1) is 15.0. The number of hydrogen-bond acceptors (Lipinski definition) is 5. The van der Waals surface area contributed by atoms with E-state index >= 15 is 0 Å². The second kappa shape index (κ2) is 8.77. The maximum absolute atomic E-state index is 12.5. The van der Waals surface area contributed by atoms with E-state index < -0.39 is 36.2 Å². The Morgan fingerprint density at radius 2 is 1.71 bits per heavy atom. The number of benzene rings is 2. The molecule has 1 saturated heterocycles. The summed E-state index contributed by atoms with van der Waals surface area (Å²) in [6.07, 6.45) is -1.16. The maximum atomic E-state index is 12.5. The molecule has 2 aliphatic rings. The van der Waals surface area contributed by atoms with E-state index in [4.69, 9.17) is 14.6 Å². The van der Waals surface area contributed by atoms with E-state index in [1.165, 1.54) is 6.92 Å². The lowest BCUT2D eigenvalue weighted by Gasteiger charge is -2.21. The zero-order valence-corrected chi connectivity index (χ0v) is 17.0. The van der Waals surface area contributed by atoms with Gasteiger partial charge in [0.1, 0.15) is 12.6 Å². The molecule has 31 heavy (non-hydrogen) atoms. The first-order valence-corrected chi connectivity index (χ1v) is 10.2. The van der Waals surface area contributed by atoms with Gasteiger partial charge < -0.3 is 25.2 Å². The highest BCUT2D eigenvalue weighted by Gasteiger charge is 2.37. The van der Waals surface area contributed by atoms with Gasteiger partial charge in [-0.25, -0.2) is 4.79 Å². The molecule has 0 radical (unpaired) electrons. The highest BCUT2D eigenvalue weighted by atomic mass is 16.6. The zero-order valence-electron chi connectivity index (χ0n) is 17.0. The van der Waals surface area contributed by atoms with Crippen molar-refractivity contribution in [1.82, 2.24) is 10.6 Å². The van der Waals surface area contributed by atoms with E-state index in [1.807, 2.05) is 36.4 Å².